The number of phenols is 1. The fraction of sp³-hybridized carbons (Fsp3) is 0.263. The number of nitrogens with zero attached hydrogens (tertiary/aromatic N) is 1. The number of benzene rings is 4. The summed E-state index contributed by atoms with van der Waals surface area (Å²) in [6.07, 6.45) is 3.79. The number of allylic oxidation sites excluding steroid dienone is 1. The Labute approximate surface area is 262 Å². The van der Waals surface area contributed by atoms with E-state index in [1.165, 1.54) is 10.5 Å². The Balaban J connectivity index is 1.07. The fourth-order valence-corrected chi connectivity index (χ4v) is 7.38. The first-order valence-corrected chi connectivity index (χ1v) is 15.5. The second-order valence-corrected chi connectivity index (χ2v) is 12.3. The van der Waals surface area contributed by atoms with Gasteiger partial charge in [0, 0.05) is 22.7 Å². The first kappa shape index (κ1) is 29.0. The smallest absolute Gasteiger partial charge is 0.238 e. The van der Waals surface area contributed by atoms with Crippen LogP contribution in [0.5, 0.6) is 5.75 Å². The Morgan fingerprint density at radius 1 is 0.889 bits per heavy atom. The number of aromatic hydroxyl groups is 1. The normalized spacial score (nSPS) is 23.1. The van der Waals surface area contributed by atoms with Gasteiger partial charge in [0.15, 0.2) is 0 Å². The summed E-state index contributed by atoms with van der Waals surface area (Å²) in [4.78, 5) is 28.9. The van der Waals surface area contributed by atoms with E-state index in [9.17, 15) is 19.8 Å². The monoisotopic (exact) mass is 600 g/mol. The van der Waals surface area contributed by atoms with Crippen LogP contribution < -0.4 is 10.2 Å². The fourth-order valence-electron chi connectivity index (χ4n) is 7.38. The largest absolute Gasteiger partial charge is 0.507 e. The van der Waals surface area contributed by atoms with E-state index in [0.717, 1.165) is 45.3 Å². The van der Waals surface area contributed by atoms with Gasteiger partial charge in [0.2, 0.25) is 11.8 Å². The van der Waals surface area contributed by atoms with Crippen LogP contribution in [0.15, 0.2) is 108 Å². The number of anilines is 3. The van der Waals surface area contributed by atoms with Crippen molar-refractivity contribution in [2.75, 3.05) is 23.4 Å². The number of ether oxygens (including phenoxy) is 1. The zero-order chi connectivity index (χ0) is 31.1. The Bertz CT molecular complexity index is 1830. The molecule has 0 saturated carbocycles. The molecule has 0 unspecified atom stereocenters. The van der Waals surface area contributed by atoms with Crippen LogP contribution in [-0.4, -0.2) is 41.3 Å². The first-order chi connectivity index (χ1) is 21.9. The quantitative estimate of drug-likeness (QED) is 0.149. The number of phenolic OH excluding ortho intramolecular Hbond substituents is 1. The van der Waals surface area contributed by atoms with Crippen molar-refractivity contribution in [2.24, 2.45) is 17.8 Å². The Morgan fingerprint density at radius 2 is 1.60 bits per heavy atom. The van der Waals surface area contributed by atoms with Crippen molar-refractivity contribution >= 4 is 45.7 Å². The number of hydrogen-bond acceptors (Lipinski definition) is 6. The third kappa shape index (κ3) is 5.32. The van der Waals surface area contributed by atoms with E-state index in [-0.39, 0.29) is 36.2 Å². The van der Waals surface area contributed by atoms with Crippen molar-refractivity contribution in [3.8, 4) is 5.75 Å². The van der Waals surface area contributed by atoms with Crippen LogP contribution in [0, 0.1) is 17.8 Å². The lowest BCUT2D eigenvalue weighted by Crippen LogP contribution is -2.35. The van der Waals surface area contributed by atoms with Gasteiger partial charge >= 0.3 is 0 Å². The molecule has 4 atom stereocenters. The predicted octanol–water partition coefficient (Wildman–Crippen LogP) is 6.99. The summed E-state index contributed by atoms with van der Waals surface area (Å²) in [6, 6.07) is 28.6. The van der Waals surface area contributed by atoms with Gasteiger partial charge in [-0.2, -0.15) is 0 Å². The molecule has 0 aromatic heterocycles. The molecule has 7 heteroatoms. The van der Waals surface area contributed by atoms with Crippen LogP contribution in [0.4, 0.5) is 17.1 Å². The molecule has 7 rings (SSSR count). The topological polar surface area (TPSA) is 99.1 Å². The molecule has 1 aliphatic carbocycles. The van der Waals surface area contributed by atoms with Crippen LogP contribution in [0.25, 0.3) is 16.8 Å². The number of imide groups is 1. The number of carbonyl (C=O) groups is 2. The number of hydrogen-bond donors (Lipinski definition) is 3. The van der Waals surface area contributed by atoms with E-state index < -0.39 is 11.8 Å². The van der Waals surface area contributed by atoms with E-state index in [4.69, 9.17) is 4.74 Å². The second kappa shape index (κ2) is 12.0. The van der Waals surface area contributed by atoms with Crippen molar-refractivity contribution in [3.05, 3.63) is 113 Å². The van der Waals surface area contributed by atoms with Gasteiger partial charge in [-0.15, -0.1) is 0 Å². The third-order valence-electron chi connectivity index (χ3n) is 9.52. The lowest BCUT2D eigenvalue weighted by atomic mass is 9.69. The van der Waals surface area contributed by atoms with Gasteiger partial charge < -0.3 is 20.3 Å². The predicted molar refractivity (Wildman–Crippen MR) is 176 cm³/mol. The van der Waals surface area contributed by atoms with Crippen LogP contribution in [-0.2, 0) is 14.3 Å². The van der Waals surface area contributed by atoms with E-state index in [1.54, 1.807) is 18.2 Å². The van der Waals surface area contributed by atoms with E-state index in [2.05, 4.69) is 18.3 Å². The zero-order valence-electron chi connectivity index (χ0n) is 25.1. The average molecular weight is 601 g/mol. The van der Waals surface area contributed by atoms with Gasteiger partial charge in [-0.05, 0) is 90.7 Å². The third-order valence-corrected chi connectivity index (χ3v) is 9.52. The SMILES string of the molecule is C/C(=C\c1ccc(O)c2ccccc12)CC[C@H]1OC[C@H]2C1=C(CO)C[C@H]1C(=O)N(c3ccc(Nc4ccccc4)cc3)C(=O)[C@H]12. The number of aliphatic hydroxyl groups is 1. The second-order valence-electron chi connectivity index (χ2n) is 12.3. The van der Waals surface area contributed by atoms with Crippen molar-refractivity contribution in [1.29, 1.82) is 0 Å². The molecule has 7 nitrogen and oxygen atoms in total. The maximum atomic E-state index is 13.9. The van der Waals surface area contributed by atoms with Gasteiger partial charge in [-0.25, -0.2) is 0 Å². The van der Waals surface area contributed by atoms with Crippen molar-refractivity contribution in [3.63, 3.8) is 0 Å². The first-order valence-electron chi connectivity index (χ1n) is 15.5. The highest BCUT2D eigenvalue weighted by molar-refractivity contribution is 6.22. The lowest BCUT2D eigenvalue weighted by Gasteiger charge is -2.31. The molecule has 2 amide bonds. The van der Waals surface area contributed by atoms with Gasteiger partial charge in [0.05, 0.1) is 36.8 Å². The average Bonchev–Trinajstić information content (AvgIpc) is 3.60. The number of carbonyl (C=O) groups excluding carboxylic acids is 2. The highest BCUT2D eigenvalue weighted by Gasteiger charge is 2.57. The number of amides is 2. The Kier molecular flexibility index (Phi) is 7.73. The van der Waals surface area contributed by atoms with Crippen LogP contribution >= 0.6 is 0 Å². The standard InChI is InChI=1S/C38H36N2O5/c1-23(19-24-12-17-33(42)30-10-6-5-9-29(24)30)11-18-34-35-25(21-41)20-31-36(32(35)22-45-34)38(44)40(37(31)43)28-15-13-27(14-16-28)39-26-7-3-2-4-8-26/h2-10,12-17,19,31-32,34,36,39,41-42H,11,18,20-22H2,1H3/b23-19+/t31-,32+,34-,36-/m1/s1. The molecule has 2 heterocycles. The molecular formula is C38H36N2O5. The molecule has 3 aliphatic rings. The molecular weight excluding hydrogens is 564 g/mol. The Hall–Kier alpha value is -4.72. The highest BCUT2D eigenvalue weighted by Crippen LogP contribution is 2.50. The molecule has 2 saturated heterocycles. The van der Waals surface area contributed by atoms with Gasteiger partial charge in [-0.1, -0.05) is 60.2 Å². The van der Waals surface area contributed by atoms with Crippen LogP contribution in [0.3, 0.4) is 0 Å². The number of rotatable bonds is 8. The molecule has 2 aliphatic heterocycles. The lowest BCUT2D eigenvalue weighted by molar-refractivity contribution is -0.122. The molecule has 45 heavy (non-hydrogen) atoms. The minimum atomic E-state index is -0.498. The molecule has 3 N–H and O–H groups in total. The summed E-state index contributed by atoms with van der Waals surface area (Å²) >= 11 is 0. The summed E-state index contributed by atoms with van der Waals surface area (Å²) < 4.78 is 6.30. The van der Waals surface area contributed by atoms with Crippen molar-refractivity contribution < 1.29 is 24.5 Å². The number of para-hydroxylation sites is 1. The molecule has 4 aromatic carbocycles. The number of nitrogens with one attached hydrogen (secondary N) is 1. The minimum absolute atomic E-state index is 0.148. The van der Waals surface area contributed by atoms with Crippen molar-refractivity contribution in [2.45, 2.75) is 32.3 Å². The highest BCUT2D eigenvalue weighted by atomic mass is 16.5. The van der Waals surface area contributed by atoms with E-state index in [0.29, 0.717) is 25.1 Å². The summed E-state index contributed by atoms with van der Waals surface area (Å²) in [6.45, 7) is 2.30. The van der Waals surface area contributed by atoms with Crippen molar-refractivity contribution in [1.82, 2.24) is 0 Å². The molecule has 0 bridgehead atoms. The summed E-state index contributed by atoms with van der Waals surface area (Å²) in [5, 5.41) is 25.8. The van der Waals surface area contributed by atoms with Gasteiger partial charge in [0.1, 0.15) is 5.75 Å². The summed E-state index contributed by atoms with van der Waals surface area (Å²) in [7, 11) is 0. The number of fused-ring (bicyclic) bond motifs is 4. The Morgan fingerprint density at radius 3 is 2.36 bits per heavy atom. The van der Waals surface area contributed by atoms with E-state index >= 15 is 0 Å². The van der Waals surface area contributed by atoms with Crippen LogP contribution in [0.2, 0.25) is 0 Å². The van der Waals surface area contributed by atoms with E-state index in [1.807, 2.05) is 72.8 Å². The van der Waals surface area contributed by atoms with Gasteiger partial charge in [0.25, 0.3) is 0 Å². The number of aliphatic hydroxyl groups excluding tert-OH is 1. The molecule has 0 radical (unpaired) electrons. The molecule has 0 spiro atoms. The zero-order valence-corrected chi connectivity index (χ0v) is 25.1. The minimum Gasteiger partial charge on any atom is -0.507 e. The maximum Gasteiger partial charge on any atom is 0.238 e. The van der Waals surface area contributed by atoms with Crippen LogP contribution in [0.1, 0.15) is 31.7 Å². The molecule has 2 fully saturated rings. The molecule has 228 valence electrons. The van der Waals surface area contributed by atoms with Gasteiger partial charge in [-0.3, -0.25) is 14.5 Å². The molecule has 4 aromatic rings. The summed E-state index contributed by atoms with van der Waals surface area (Å²) in [5.74, 6) is -1.34. The summed E-state index contributed by atoms with van der Waals surface area (Å²) in [5.41, 5.74) is 6.43. The maximum absolute atomic E-state index is 13.9.